The second kappa shape index (κ2) is 3.84. The highest BCUT2D eigenvalue weighted by atomic mass is 16.6. The molecule has 0 bridgehead atoms. The van der Waals surface area contributed by atoms with Crippen LogP contribution >= 0.6 is 0 Å². The highest BCUT2D eigenvalue weighted by Gasteiger charge is 2.08. The summed E-state index contributed by atoms with van der Waals surface area (Å²) in [6.07, 6.45) is 1.32. The van der Waals surface area contributed by atoms with Gasteiger partial charge in [0, 0.05) is 17.5 Å². The van der Waals surface area contributed by atoms with Gasteiger partial charge in [-0.15, -0.1) is 0 Å². The lowest BCUT2D eigenvalue weighted by molar-refractivity contribution is -0.384. The van der Waals surface area contributed by atoms with E-state index >= 15 is 0 Å². The van der Waals surface area contributed by atoms with Gasteiger partial charge in [-0.3, -0.25) is 10.1 Å². The molecule has 1 heterocycles. The largest absolute Gasteiger partial charge is 0.412 e. The van der Waals surface area contributed by atoms with Gasteiger partial charge in [-0.25, -0.2) is 9.97 Å². The summed E-state index contributed by atoms with van der Waals surface area (Å²) < 4.78 is 0. The quantitative estimate of drug-likeness (QED) is 0.532. The summed E-state index contributed by atoms with van der Waals surface area (Å²) in [4.78, 5) is 17.7. The lowest BCUT2D eigenvalue weighted by Gasteiger charge is -1.98. The van der Waals surface area contributed by atoms with E-state index in [1.165, 1.54) is 18.5 Å². The van der Waals surface area contributed by atoms with E-state index in [1.54, 1.807) is 6.07 Å². The number of benzene rings is 1. The van der Waals surface area contributed by atoms with Crippen molar-refractivity contribution in [2.45, 2.75) is 0 Å². The van der Waals surface area contributed by atoms with E-state index in [-0.39, 0.29) is 17.0 Å². The summed E-state index contributed by atoms with van der Waals surface area (Å²) in [7, 11) is 0. The number of anilines is 1. The van der Waals surface area contributed by atoms with Crippen LogP contribution in [0, 0.1) is 10.1 Å². The van der Waals surface area contributed by atoms with Gasteiger partial charge in [0.25, 0.3) is 5.69 Å². The Morgan fingerprint density at radius 3 is 2.73 bits per heavy atom. The Hall–Kier alpha value is -2.28. The molecule has 0 saturated heterocycles. The van der Waals surface area contributed by atoms with Crippen LogP contribution in [0.1, 0.15) is 0 Å². The third-order valence-corrected chi connectivity index (χ3v) is 1.86. The molecule has 1 aromatic heterocycles. The molecule has 0 radical (unpaired) electrons. The number of nitro benzene ring substituents is 1. The molecule has 0 amide bonds. The van der Waals surface area contributed by atoms with Gasteiger partial charge in [0.2, 0.25) is 0 Å². The molecule has 2 rings (SSSR count). The van der Waals surface area contributed by atoms with Gasteiger partial charge < -0.3 is 11.2 Å². The molecule has 0 spiro atoms. The Balaban J connectivity index is 0.00000112. The van der Waals surface area contributed by atoms with Crippen LogP contribution in [0.15, 0.2) is 24.5 Å². The van der Waals surface area contributed by atoms with Crippen molar-refractivity contribution in [2.75, 3.05) is 5.73 Å². The number of aromatic nitrogens is 2. The van der Waals surface area contributed by atoms with Crippen molar-refractivity contribution < 1.29 is 10.4 Å². The van der Waals surface area contributed by atoms with Crippen molar-refractivity contribution in [1.82, 2.24) is 9.97 Å². The minimum Gasteiger partial charge on any atom is -0.412 e. The Morgan fingerprint density at radius 2 is 2.07 bits per heavy atom. The number of hydrogen-bond acceptors (Lipinski definition) is 5. The average Bonchev–Trinajstić information content (AvgIpc) is 2.18. The van der Waals surface area contributed by atoms with E-state index in [0.717, 1.165) is 0 Å². The zero-order valence-corrected chi connectivity index (χ0v) is 7.54. The van der Waals surface area contributed by atoms with E-state index in [9.17, 15) is 10.1 Å². The van der Waals surface area contributed by atoms with E-state index in [4.69, 9.17) is 5.73 Å². The SMILES string of the molecule is Nc1ncnc2ccc([N+](=O)[O-])cc12.O. The molecular formula is C8H8N4O3. The third kappa shape index (κ3) is 1.81. The summed E-state index contributed by atoms with van der Waals surface area (Å²) in [5, 5.41) is 11.0. The molecule has 2 aromatic rings. The first kappa shape index (κ1) is 10.8. The monoisotopic (exact) mass is 208 g/mol. The van der Waals surface area contributed by atoms with E-state index in [1.807, 2.05) is 0 Å². The Bertz CT molecular complexity index is 514. The molecule has 1 aromatic carbocycles. The van der Waals surface area contributed by atoms with E-state index in [2.05, 4.69) is 9.97 Å². The van der Waals surface area contributed by atoms with Gasteiger partial charge >= 0.3 is 0 Å². The summed E-state index contributed by atoms with van der Waals surface area (Å²) in [5.74, 6) is 0.249. The maximum atomic E-state index is 10.5. The molecule has 0 aliphatic heterocycles. The first-order valence-electron chi connectivity index (χ1n) is 3.83. The summed E-state index contributed by atoms with van der Waals surface area (Å²) in [6.45, 7) is 0. The molecule has 15 heavy (non-hydrogen) atoms. The first-order chi connectivity index (χ1) is 6.68. The molecule has 0 unspecified atom stereocenters. The third-order valence-electron chi connectivity index (χ3n) is 1.86. The molecule has 0 fully saturated rings. The molecular weight excluding hydrogens is 200 g/mol. The molecule has 7 nitrogen and oxygen atoms in total. The molecule has 0 aliphatic carbocycles. The summed E-state index contributed by atoms with van der Waals surface area (Å²) >= 11 is 0. The smallest absolute Gasteiger partial charge is 0.270 e. The van der Waals surface area contributed by atoms with Crippen LogP contribution in [-0.4, -0.2) is 20.4 Å². The van der Waals surface area contributed by atoms with Crippen molar-refractivity contribution in [3.05, 3.63) is 34.6 Å². The number of rotatable bonds is 1. The first-order valence-corrected chi connectivity index (χ1v) is 3.83. The van der Waals surface area contributed by atoms with Crippen LogP contribution in [-0.2, 0) is 0 Å². The Morgan fingerprint density at radius 1 is 1.33 bits per heavy atom. The fourth-order valence-corrected chi connectivity index (χ4v) is 1.18. The van der Waals surface area contributed by atoms with Crippen molar-refractivity contribution in [3.63, 3.8) is 0 Å². The zero-order chi connectivity index (χ0) is 10.1. The number of fused-ring (bicyclic) bond motifs is 1. The Kier molecular flexibility index (Phi) is 2.77. The predicted octanol–water partition coefficient (Wildman–Crippen LogP) is 0.295. The minimum atomic E-state index is -0.480. The number of non-ortho nitro benzene ring substituents is 1. The normalized spacial score (nSPS) is 9.60. The number of nitrogens with zero attached hydrogens (tertiary/aromatic N) is 3. The molecule has 0 aliphatic rings. The van der Waals surface area contributed by atoms with Crippen molar-refractivity contribution in [2.24, 2.45) is 0 Å². The van der Waals surface area contributed by atoms with E-state index in [0.29, 0.717) is 10.9 Å². The standard InChI is InChI=1S/C8H6N4O2.H2O/c9-8-6-3-5(12(13)14)1-2-7(6)10-4-11-8;/h1-4H,(H2,9,10,11);1H2. The molecule has 0 atom stereocenters. The number of hydrogen-bond donors (Lipinski definition) is 1. The van der Waals surface area contributed by atoms with Crippen LogP contribution in [0.3, 0.4) is 0 Å². The van der Waals surface area contributed by atoms with Crippen LogP contribution in [0.25, 0.3) is 10.9 Å². The van der Waals surface area contributed by atoms with Gasteiger partial charge in [-0.2, -0.15) is 0 Å². The second-order valence-corrected chi connectivity index (χ2v) is 2.72. The molecule has 0 saturated carbocycles. The van der Waals surface area contributed by atoms with Crippen LogP contribution in [0.4, 0.5) is 11.5 Å². The maximum Gasteiger partial charge on any atom is 0.270 e. The van der Waals surface area contributed by atoms with Gasteiger partial charge in [0.15, 0.2) is 0 Å². The summed E-state index contributed by atoms with van der Waals surface area (Å²) in [6, 6.07) is 4.30. The van der Waals surface area contributed by atoms with Crippen LogP contribution in [0.2, 0.25) is 0 Å². The van der Waals surface area contributed by atoms with Crippen LogP contribution < -0.4 is 5.73 Å². The number of nitrogens with two attached hydrogens (primary N) is 1. The molecule has 7 heteroatoms. The van der Waals surface area contributed by atoms with Crippen molar-refractivity contribution >= 4 is 22.4 Å². The highest BCUT2D eigenvalue weighted by molar-refractivity contribution is 5.89. The van der Waals surface area contributed by atoms with E-state index < -0.39 is 4.92 Å². The number of nitro groups is 1. The fourth-order valence-electron chi connectivity index (χ4n) is 1.18. The van der Waals surface area contributed by atoms with Gasteiger partial charge in [-0.1, -0.05) is 0 Å². The second-order valence-electron chi connectivity index (χ2n) is 2.72. The molecule has 78 valence electrons. The maximum absolute atomic E-state index is 10.5. The minimum absolute atomic E-state index is 0. The van der Waals surface area contributed by atoms with Crippen LogP contribution in [0.5, 0.6) is 0 Å². The van der Waals surface area contributed by atoms with Gasteiger partial charge in [-0.05, 0) is 6.07 Å². The van der Waals surface area contributed by atoms with Gasteiger partial charge in [0.1, 0.15) is 12.1 Å². The molecule has 4 N–H and O–H groups in total. The Labute approximate surface area is 84.0 Å². The average molecular weight is 208 g/mol. The fraction of sp³-hybridized carbons (Fsp3) is 0. The lowest BCUT2D eigenvalue weighted by Crippen LogP contribution is -1.94. The zero-order valence-electron chi connectivity index (χ0n) is 7.54. The van der Waals surface area contributed by atoms with Gasteiger partial charge in [0.05, 0.1) is 10.4 Å². The van der Waals surface area contributed by atoms with Crippen molar-refractivity contribution in [3.8, 4) is 0 Å². The highest BCUT2D eigenvalue weighted by Crippen LogP contribution is 2.21. The topological polar surface area (TPSA) is 126 Å². The number of nitrogen functional groups attached to an aromatic ring is 1. The predicted molar refractivity (Wildman–Crippen MR) is 54.2 cm³/mol. The summed E-state index contributed by atoms with van der Waals surface area (Å²) in [5.41, 5.74) is 6.14. The lowest BCUT2D eigenvalue weighted by atomic mass is 10.2. The van der Waals surface area contributed by atoms with Crippen molar-refractivity contribution in [1.29, 1.82) is 0 Å².